The maximum atomic E-state index is 14.0. The SMILES string of the molecule is CNC(=O)c1ccc([C@H]2CCCCN2C[C@@H](O)c2c(F)cccc2F)n1C. The number of nitrogens with one attached hydrogen (secondary N) is 1. The molecule has 0 saturated carbocycles. The van der Waals surface area contributed by atoms with Gasteiger partial charge in [-0.15, -0.1) is 0 Å². The Morgan fingerprint density at radius 3 is 2.63 bits per heavy atom. The number of carbonyl (C=O) groups is 1. The van der Waals surface area contributed by atoms with Crippen LogP contribution in [-0.4, -0.2) is 40.6 Å². The summed E-state index contributed by atoms with van der Waals surface area (Å²) < 4.78 is 29.9. The highest BCUT2D eigenvalue weighted by Gasteiger charge is 2.30. The van der Waals surface area contributed by atoms with E-state index in [1.807, 2.05) is 22.6 Å². The summed E-state index contributed by atoms with van der Waals surface area (Å²) in [5, 5.41) is 13.1. The van der Waals surface area contributed by atoms with Crippen molar-refractivity contribution in [3.05, 3.63) is 58.9 Å². The molecule has 1 aliphatic heterocycles. The van der Waals surface area contributed by atoms with Gasteiger partial charge in [0.2, 0.25) is 0 Å². The Morgan fingerprint density at radius 2 is 1.96 bits per heavy atom. The minimum absolute atomic E-state index is 0.0216. The predicted octanol–water partition coefficient (Wildman–Crippen LogP) is 2.92. The molecule has 5 nitrogen and oxygen atoms in total. The summed E-state index contributed by atoms with van der Waals surface area (Å²) in [7, 11) is 3.42. The third-order valence-electron chi connectivity index (χ3n) is 5.32. The lowest BCUT2D eigenvalue weighted by atomic mass is 9.97. The van der Waals surface area contributed by atoms with Gasteiger partial charge in [0.05, 0.1) is 17.7 Å². The monoisotopic (exact) mass is 377 g/mol. The second kappa shape index (κ2) is 8.19. The quantitative estimate of drug-likeness (QED) is 0.842. The first-order valence-corrected chi connectivity index (χ1v) is 9.17. The van der Waals surface area contributed by atoms with Gasteiger partial charge in [-0.2, -0.15) is 0 Å². The smallest absolute Gasteiger partial charge is 0.267 e. The van der Waals surface area contributed by atoms with Crippen molar-refractivity contribution in [3.63, 3.8) is 0 Å². The molecule has 1 aliphatic rings. The van der Waals surface area contributed by atoms with Crippen LogP contribution in [0.25, 0.3) is 0 Å². The zero-order valence-electron chi connectivity index (χ0n) is 15.6. The van der Waals surface area contributed by atoms with Crippen LogP contribution in [-0.2, 0) is 7.05 Å². The molecule has 0 radical (unpaired) electrons. The molecule has 7 heteroatoms. The molecule has 1 aromatic heterocycles. The summed E-state index contributed by atoms with van der Waals surface area (Å²) >= 11 is 0. The standard InChI is InChI=1S/C20H25F2N3O2/c1-23-20(27)17-10-9-15(24(17)2)16-8-3-4-11-25(16)12-18(26)19-13(21)6-5-7-14(19)22/h5-7,9-10,16,18,26H,3-4,8,11-12H2,1-2H3,(H,23,27)/t16-,18-/m1/s1. The number of rotatable bonds is 5. The number of halogens is 2. The van der Waals surface area contributed by atoms with E-state index in [4.69, 9.17) is 0 Å². The topological polar surface area (TPSA) is 57.5 Å². The van der Waals surface area contributed by atoms with Crippen LogP contribution >= 0.6 is 0 Å². The largest absolute Gasteiger partial charge is 0.387 e. The fraction of sp³-hybridized carbons (Fsp3) is 0.450. The van der Waals surface area contributed by atoms with Gasteiger partial charge in [-0.05, 0) is 43.7 Å². The number of β-amino-alcohol motifs (C(OH)–C–C–N with tert-alkyl or cyclic N) is 1. The predicted molar refractivity (Wildman–Crippen MR) is 98.3 cm³/mol. The van der Waals surface area contributed by atoms with E-state index in [0.717, 1.165) is 43.6 Å². The van der Waals surface area contributed by atoms with E-state index >= 15 is 0 Å². The summed E-state index contributed by atoms with van der Waals surface area (Å²) in [6, 6.07) is 7.25. The molecule has 0 unspecified atom stereocenters. The Morgan fingerprint density at radius 1 is 1.26 bits per heavy atom. The van der Waals surface area contributed by atoms with Gasteiger partial charge in [-0.1, -0.05) is 12.5 Å². The molecule has 3 rings (SSSR count). The first-order chi connectivity index (χ1) is 12.9. The number of likely N-dealkylation sites (tertiary alicyclic amines) is 1. The highest BCUT2D eigenvalue weighted by atomic mass is 19.1. The van der Waals surface area contributed by atoms with Crippen LogP contribution in [0, 0.1) is 11.6 Å². The lowest BCUT2D eigenvalue weighted by Crippen LogP contribution is -2.38. The number of nitrogens with zero attached hydrogens (tertiary/aromatic N) is 2. The van der Waals surface area contributed by atoms with Crippen molar-refractivity contribution in [2.45, 2.75) is 31.4 Å². The zero-order valence-corrected chi connectivity index (χ0v) is 15.6. The molecule has 0 bridgehead atoms. The molecule has 1 aromatic carbocycles. The average Bonchev–Trinajstić information content (AvgIpc) is 3.02. The number of hydrogen-bond acceptors (Lipinski definition) is 3. The normalized spacial score (nSPS) is 19.1. The maximum absolute atomic E-state index is 14.0. The van der Waals surface area contributed by atoms with E-state index in [1.165, 1.54) is 6.07 Å². The minimum atomic E-state index is -1.26. The highest BCUT2D eigenvalue weighted by Crippen LogP contribution is 2.34. The Bertz CT molecular complexity index is 801. The minimum Gasteiger partial charge on any atom is -0.387 e. The second-order valence-corrected chi connectivity index (χ2v) is 6.94. The van der Waals surface area contributed by atoms with E-state index in [9.17, 15) is 18.7 Å². The van der Waals surface area contributed by atoms with Gasteiger partial charge in [-0.3, -0.25) is 9.69 Å². The molecule has 2 N–H and O–H groups in total. The number of carbonyl (C=O) groups excluding carboxylic acids is 1. The highest BCUT2D eigenvalue weighted by molar-refractivity contribution is 5.92. The summed E-state index contributed by atoms with van der Waals surface area (Å²) in [6.07, 6.45) is 1.57. The van der Waals surface area contributed by atoms with Crippen molar-refractivity contribution in [2.75, 3.05) is 20.1 Å². The van der Waals surface area contributed by atoms with Crippen molar-refractivity contribution < 1.29 is 18.7 Å². The molecule has 2 heterocycles. The fourth-order valence-electron chi connectivity index (χ4n) is 3.90. The molecule has 1 saturated heterocycles. The lowest BCUT2D eigenvalue weighted by molar-refractivity contribution is 0.0604. The third-order valence-corrected chi connectivity index (χ3v) is 5.32. The molecule has 27 heavy (non-hydrogen) atoms. The number of piperidine rings is 1. The first-order valence-electron chi connectivity index (χ1n) is 9.17. The van der Waals surface area contributed by atoms with Crippen molar-refractivity contribution in [1.82, 2.24) is 14.8 Å². The van der Waals surface area contributed by atoms with Crippen molar-refractivity contribution >= 4 is 5.91 Å². The number of aromatic nitrogens is 1. The fourth-order valence-corrected chi connectivity index (χ4v) is 3.90. The zero-order chi connectivity index (χ0) is 19.6. The van der Waals surface area contributed by atoms with E-state index in [2.05, 4.69) is 5.32 Å². The molecule has 1 amide bonds. The van der Waals surface area contributed by atoms with Gasteiger partial charge in [0.15, 0.2) is 0 Å². The van der Waals surface area contributed by atoms with Gasteiger partial charge in [-0.25, -0.2) is 8.78 Å². The van der Waals surface area contributed by atoms with E-state index in [0.29, 0.717) is 5.69 Å². The molecule has 2 aromatic rings. The summed E-state index contributed by atoms with van der Waals surface area (Å²) in [5.41, 5.74) is 1.22. The summed E-state index contributed by atoms with van der Waals surface area (Å²) in [4.78, 5) is 14.0. The Labute approximate surface area is 157 Å². The second-order valence-electron chi connectivity index (χ2n) is 6.94. The molecular weight excluding hydrogens is 352 g/mol. The number of aliphatic hydroxyl groups is 1. The lowest BCUT2D eigenvalue weighted by Gasteiger charge is -2.37. The van der Waals surface area contributed by atoms with E-state index < -0.39 is 17.7 Å². The van der Waals surface area contributed by atoms with Crippen LogP contribution in [0.4, 0.5) is 8.78 Å². The van der Waals surface area contributed by atoms with Crippen LogP contribution in [0.2, 0.25) is 0 Å². The molecule has 2 atom stereocenters. The van der Waals surface area contributed by atoms with Crippen molar-refractivity contribution in [1.29, 1.82) is 0 Å². The third kappa shape index (κ3) is 3.89. The Balaban J connectivity index is 1.84. The van der Waals surface area contributed by atoms with Crippen LogP contribution in [0.3, 0.4) is 0 Å². The van der Waals surface area contributed by atoms with Crippen LogP contribution in [0.5, 0.6) is 0 Å². The van der Waals surface area contributed by atoms with Gasteiger partial charge in [0, 0.05) is 26.3 Å². The van der Waals surface area contributed by atoms with Gasteiger partial charge < -0.3 is 15.0 Å². The Hall–Kier alpha value is -2.25. The number of benzene rings is 1. The molecule has 0 spiro atoms. The van der Waals surface area contributed by atoms with Crippen LogP contribution < -0.4 is 5.32 Å². The first kappa shape index (κ1) is 19.5. The van der Waals surface area contributed by atoms with Gasteiger partial charge in [0.1, 0.15) is 17.3 Å². The number of aliphatic hydroxyl groups excluding tert-OH is 1. The van der Waals surface area contributed by atoms with E-state index in [-0.39, 0.29) is 24.1 Å². The molecule has 146 valence electrons. The Kier molecular flexibility index (Phi) is 5.92. The van der Waals surface area contributed by atoms with Gasteiger partial charge in [0.25, 0.3) is 5.91 Å². The van der Waals surface area contributed by atoms with Gasteiger partial charge >= 0.3 is 0 Å². The van der Waals surface area contributed by atoms with E-state index in [1.54, 1.807) is 13.1 Å². The summed E-state index contributed by atoms with van der Waals surface area (Å²) in [6.45, 7) is 0.849. The van der Waals surface area contributed by atoms with Crippen LogP contribution in [0.15, 0.2) is 30.3 Å². The number of hydrogen-bond donors (Lipinski definition) is 2. The van der Waals surface area contributed by atoms with Crippen molar-refractivity contribution in [2.24, 2.45) is 7.05 Å². The molecular formula is C20H25F2N3O2. The molecule has 0 aliphatic carbocycles. The van der Waals surface area contributed by atoms with Crippen molar-refractivity contribution in [3.8, 4) is 0 Å². The number of amides is 1. The maximum Gasteiger partial charge on any atom is 0.267 e. The average molecular weight is 377 g/mol. The summed E-state index contributed by atoms with van der Waals surface area (Å²) in [5.74, 6) is -1.65. The molecule has 1 fully saturated rings. The van der Waals surface area contributed by atoms with Crippen LogP contribution in [0.1, 0.15) is 53.2 Å².